The van der Waals surface area contributed by atoms with Gasteiger partial charge in [-0.1, -0.05) is 54.4 Å². The predicted octanol–water partition coefficient (Wildman–Crippen LogP) is 5.54. The molecule has 1 N–H and O–H groups in total. The van der Waals surface area contributed by atoms with Crippen molar-refractivity contribution in [3.63, 3.8) is 0 Å². The van der Waals surface area contributed by atoms with Crippen molar-refractivity contribution in [3.05, 3.63) is 82.3 Å². The summed E-state index contributed by atoms with van der Waals surface area (Å²) in [6.45, 7) is 4.79. The molecule has 0 saturated carbocycles. The number of carbonyl (C=O) groups excluding carboxylic acids is 2. The molecular formula is C30H35Cl2N3O6S. The average Bonchev–Trinajstić information content (AvgIpc) is 2.96. The summed E-state index contributed by atoms with van der Waals surface area (Å²) in [5, 5.41) is 3.59. The number of ether oxygens (including phenoxy) is 2. The first-order chi connectivity index (χ1) is 19.9. The second-order valence-electron chi connectivity index (χ2n) is 9.71. The number of sulfonamides is 1. The molecule has 0 aliphatic rings. The lowest BCUT2D eigenvalue weighted by Crippen LogP contribution is -2.53. The fourth-order valence-corrected chi connectivity index (χ4v) is 6.26. The minimum Gasteiger partial charge on any atom is -0.493 e. The number of nitrogens with one attached hydrogen (secondary N) is 1. The summed E-state index contributed by atoms with van der Waals surface area (Å²) in [5.41, 5.74) is 0.823. The highest BCUT2D eigenvalue weighted by Gasteiger charge is 2.34. The smallest absolute Gasteiger partial charge is 0.264 e. The zero-order chi connectivity index (χ0) is 31.0. The molecule has 3 aromatic rings. The number of anilines is 1. The zero-order valence-corrected chi connectivity index (χ0v) is 26.5. The van der Waals surface area contributed by atoms with E-state index in [0.29, 0.717) is 21.4 Å². The van der Waals surface area contributed by atoms with E-state index in [9.17, 15) is 18.0 Å². The summed E-state index contributed by atoms with van der Waals surface area (Å²) in [7, 11) is -1.44. The second kappa shape index (κ2) is 14.6. The van der Waals surface area contributed by atoms with Crippen molar-refractivity contribution in [2.24, 2.45) is 0 Å². The molecule has 0 fully saturated rings. The Morgan fingerprint density at radius 2 is 1.60 bits per heavy atom. The van der Waals surface area contributed by atoms with Crippen LogP contribution in [0.25, 0.3) is 0 Å². The van der Waals surface area contributed by atoms with E-state index >= 15 is 0 Å². The van der Waals surface area contributed by atoms with Crippen LogP contribution in [0.15, 0.2) is 71.6 Å². The van der Waals surface area contributed by atoms with Crippen LogP contribution in [0.5, 0.6) is 11.5 Å². The van der Waals surface area contributed by atoms with E-state index in [0.717, 1.165) is 4.31 Å². The maximum atomic E-state index is 14.1. The molecule has 0 heterocycles. The van der Waals surface area contributed by atoms with Crippen LogP contribution in [0.4, 0.5) is 5.69 Å². The molecule has 0 radical (unpaired) electrons. The van der Waals surface area contributed by atoms with E-state index in [-0.39, 0.29) is 41.2 Å². The number of benzene rings is 3. The van der Waals surface area contributed by atoms with Gasteiger partial charge in [0.05, 0.1) is 24.8 Å². The number of halogens is 2. The van der Waals surface area contributed by atoms with Gasteiger partial charge in [-0.15, -0.1) is 0 Å². The number of para-hydroxylation sites is 1. The molecular weight excluding hydrogens is 601 g/mol. The van der Waals surface area contributed by atoms with Gasteiger partial charge in [-0.25, -0.2) is 8.42 Å². The molecule has 42 heavy (non-hydrogen) atoms. The van der Waals surface area contributed by atoms with E-state index in [1.54, 1.807) is 55.5 Å². The highest BCUT2D eigenvalue weighted by atomic mass is 35.5. The monoisotopic (exact) mass is 635 g/mol. The minimum atomic E-state index is -4.29. The lowest BCUT2D eigenvalue weighted by atomic mass is 10.1. The molecule has 2 amide bonds. The van der Waals surface area contributed by atoms with Crippen molar-refractivity contribution in [2.45, 2.75) is 50.7 Å². The predicted molar refractivity (Wildman–Crippen MR) is 165 cm³/mol. The maximum absolute atomic E-state index is 14.1. The summed E-state index contributed by atoms with van der Waals surface area (Å²) in [5.74, 6) is -0.389. The van der Waals surface area contributed by atoms with Crippen LogP contribution in [0.2, 0.25) is 10.0 Å². The average molecular weight is 637 g/mol. The molecule has 0 spiro atoms. The van der Waals surface area contributed by atoms with Crippen LogP contribution in [-0.4, -0.2) is 58.0 Å². The van der Waals surface area contributed by atoms with Crippen molar-refractivity contribution >= 4 is 50.7 Å². The first-order valence-corrected chi connectivity index (χ1v) is 15.5. The molecule has 9 nitrogen and oxygen atoms in total. The number of hydrogen-bond acceptors (Lipinski definition) is 6. The van der Waals surface area contributed by atoms with E-state index < -0.39 is 28.5 Å². The summed E-state index contributed by atoms with van der Waals surface area (Å²) in [6.07, 6.45) is 0.281. The molecule has 226 valence electrons. The summed E-state index contributed by atoms with van der Waals surface area (Å²) < 4.78 is 39.7. The number of hydrogen-bond donors (Lipinski definition) is 1. The first kappa shape index (κ1) is 33.0. The standard InChI is InChI=1S/C30H35Cl2N3O6S/c1-6-26(30(37)33-20(2)3)34(18-21-12-13-22(31)16-25(21)32)29(36)19-35(23-10-8-7-9-11-23)42(38,39)24-14-15-27(40-4)28(17-24)41-5/h7-17,20,26H,6,18-19H2,1-5H3,(H,33,37)/t26-/m1/s1. The molecule has 0 bridgehead atoms. The molecule has 1 atom stereocenters. The topological polar surface area (TPSA) is 105 Å². The number of amides is 2. The van der Waals surface area contributed by atoms with Gasteiger partial charge in [-0.05, 0) is 62.2 Å². The number of methoxy groups -OCH3 is 2. The Morgan fingerprint density at radius 1 is 0.929 bits per heavy atom. The Kier molecular flexibility index (Phi) is 11.5. The van der Waals surface area contributed by atoms with Crippen molar-refractivity contribution in [1.29, 1.82) is 0 Å². The summed E-state index contributed by atoms with van der Waals surface area (Å²) in [6, 6.07) is 16.3. The molecule has 0 saturated heterocycles. The van der Waals surface area contributed by atoms with Gasteiger partial charge in [-0.2, -0.15) is 0 Å². The largest absolute Gasteiger partial charge is 0.493 e. The Morgan fingerprint density at radius 3 is 2.17 bits per heavy atom. The van der Waals surface area contributed by atoms with Gasteiger partial charge in [0.25, 0.3) is 10.0 Å². The Balaban J connectivity index is 2.10. The lowest BCUT2D eigenvalue weighted by molar-refractivity contribution is -0.140. The molecule has 12 heteroatoms. The third-order valence-electron chi connectivity index (χ3n) is 6.44. The van der Waals surface area contributed by atoms with Crippen LogP contribution in [-0.2, 0) is 26.2 Å². The molecule has 3 rings (SSSR count). The molecule has 0 aromatic heterocycles. The Labute approximate surface area is 257 Å². The van der Waals surface area contributed by atoms with Crippen molar-refractivity contribution < 1.29 is 27.5 Å². The zero-order valence-electron chi connectivity index (χ0n) is 24.1. The highest BCUT2D eigenvalue weighted by molar-refractivity contribution is 7.92. The van der Waals surface area contributed by atoms with Gasteiger partial charge in [0.15, 0.2) is 11.5 Å². The fraction of sp³-hybridized carbons (Fsp3) is 0.333. The van der Waals surface area contributed by atoms with Gasteiger partial charge >= 0.3 is 0 Å². The van der Waals surface area contributed by atoms with Crippen molar-refractivity contribution in [2.75, 3.05) is 25.1 Å². The third-order valence-corrected chi connectivity index (χ3v) is 8.80. The quantitative estimate of drug-likeness (QED) is 0.264. The Hall–Kier alpha value is -3.47. The normalized spacial score (nSPS) is 12.0. The van der Waals surface area contributed by atoms with E-state index in [4.69, 9.17) is 32.7 Å². The van der Waals surface area contributed by atoms with E-state index in [1.165, 1.54) is 37.3 Å². The summed E-state index contributed by atoms with van der Waals surface area (Å²) in [4.78, 5) is 28.6. The maximum Gasteiger partial charge on any atom is 0.264 e. The van der Waals surface area contributed by atoms with Gasteiger partial charge in [0.1, 0.15) is 12.6 Å². The highest BCUT2D eigenvalue weighted by Crippen LogP contribution is 2.32. The van der Waals surface area contributed by atoms with Crippen LogP contribution in [0.3, 0.4) is 0 Å². The van der Waals surface area contributed by atoms with Gasteiger partial charge in [0.2, 0.25) is 11.8 Å². The first-order valence-electron chi connectivity index (χ1n) is 13.3. The third kappa shape index (κ3) is 7.87. The van der Waals surface area contributed by atoms with Crippen molar-refractivity contribution in [3.8, 4) is 11.5 Å². The molecule has 0 aliphatic heterocycles. The fourth-order valence-electron chi connectivity index (χ4n) is 4.36. The van der Waals surface area contributed by atoms with Gasteiger partial charge in [-0.3, -0.25) is 13.9 Å². The van der Waals surface area contributed by atoms with Crippen LogP contribution >= 0.6 is 23.2 Å². The second-order valence-corrected chi connectivity index (χ2v) is 12.4. The van der Waals surface area contributed by atoms with E-state index in [2.05, 4.69) is 5.32 Å². The summed E-state index contributed by atoms with van der Waals surface area (Å²) >= 11 is 12.5. The van der Waals surface area contributed by atoms with Crippen LogP contribution in [0, 0.1) is 0 Å². The van der Waals surface area contributed by atoms with Crippen LogP contribution in [0.1, 0.15) is 32.8 Å². The molecule has 0 unspecified atom stereocenters. The molecule has 3 aromatic carbocycles. The Bertz CT molecular complexity index is 1500. The number of carbonyl (C=O) groups is 2. The van der Waals surface area contributed by atoms with Crippen molar-refractivity contribution in [1.82, 2.24) is 10.2 Å². The number of rotatable bonds is 13. The van der Waals surface area contributed by atoms with Crippen LogP contribution < -0.4 is 19.1 Å². The SMILES string of the molecule is CC[C@H](C(=O)NC(C)C)N(Cc1ccc(Cl)cc1Cl)C(=O)CN(c1ccccc1)S(=O)(=O)c1ccc(OC)c(OC)c1. The van der Waals surface area contributed by atoms with Gasteiger partial charge < -0.3 is 19.7 Å². The minimum absolute atomic E-state index is 0.0438. The van der Waals surface area contributed by atoms with Gasteiger partial charge in [0, 0.05) is 28.7 Å². The molecule has 0 aliphatic carbocycles. The lowest BCUT2D eigenvalue weighted by Gasteiger charge is -2.33. The number of nitrogens with zero attached hydrogens (tertiary/aromatic N) is 2. The van der Waals surface area contributed by atoms with E-state index in [1.807, 2.05) is 13.8 Å².